The Balaban J connectivity index is 1.32. The van der Waals surface area contributed by atoms with Crippen LogP contribution in [0.1, 0.15) is 12.5 Å². The fourth-order valence-corrected chi connectivity index (χ4v) is 2.87. The second kappa shape index (κ2) is 7.67. The van der Waals surface area contributed by atoms with Crippen LogP contribution in [0.5, 0.6) is 23.0 Å². The van der Waals surface area contributed by atoms with E-state index in [4.69, 9.17) is 23.7 Å². The summed E-state index contributed by atoms with van der Waals surface area (Å²) in [4.78, 5) is 24.5. The summed E-state index contributed by atoms with van der Waals surface area (Å²) in [6, 6.07) is 10.3. The summed E-state index contributed by atoms with van der Waals surface area (Å²) in [5, 5.41) is 2.69. The zero-order valence-electron chi connectivity index (χ0n) is 15.2. The molecule has 8 nitrogen and oxygen atoms in total. The van der Waals surface area contributed by atoms with Crippen molar-refractivity contribution >= 4 is 17.6 Å². The molecule has 2 aromatic rings. The van der Waals surface area contributed by atoms with Gasteiger partial charge in [-0.15, -0.1) is 0 Å². The van der Waals surface area contributed by atoms with Gasteiger partial charge in [0.05, 0.1) is 6.42 Å². The largest absolute Gasteiger partial charge is 0.486 e. The number of esters is 1. The third-order valence-corrected chi connectivity index (χ3v) is 4.27. The molecule has 0 aromatic heterocycles. The van der Waals surface area contributed by atoms with Gasteiger partial charge >= 0.3 is 5.97 Å². The van der Waals surface area contributed by atoms with Crippen molar-refractivity contribution in [2.45, 2.75) is 19.4 Å². The van der Waals surface area contributed by atoms with E-state index in [1.54, 1.807) is 36.4 Å². The third-order valence-electron chi connectivity index (χ3n) is 4.27. The fraction of sp³-hybridized carbons (Fsp3) is 0.300. The number of carbonyl (C=O) groups is 2. The highest BCUT2D eigenvalue weighted by molar-refractivity contribution is 5.95. The normalized spacial score (nSPS) is 14.9. The minimum absolute atomic E-state index is 0.0261. The molecule has 28 heavy (non-hydrogen) atoms. The molecule has 0 saturated carbocycles. The monoisotopic (exact) mass is 385 g/mol. The van der Waals surface area contributed by atoms with E-state index in [9.17, 15) is 9.59 Å². The molecule has 0 bridgehead atoms. The molecule has 8 heteroatoms. The lowest BCUT2D eigenvalue weighted by molar-refractivity contribution is -0.152. The third kappa shape index (κ3) is 3.95. The molecule has 4 rings (SSSR count). The molecule has 1 N–H and O–H groups in total. The first-order chi connectivity index (χ1) is 13.6. The summed E-state index contributed by atoms with van der Waals surface area (Å²) in [5.74, 6) is 1.49. The fourth-order valence-electron chi connectivity index (χ4n) is 2.87. The summed E-state index contributed by atoms with van der Waals surface area (Å²) in [5.41, 5.74) is 1.25. The average molecular weight is 385 g/mol. The van der Waals surface area contributed by atoms with E-state index in [-0.39, 0.29) is 13.2 Å². The molecule has 1 atom stereocenters. The Morgan fingerprint density at radius 2 is 1.64 bits per heavy atom. The number of hydrogen-bond acceptors (Lipinski definition) is 7. The average Bonchev–Trinajstić information content (AvgIpc) is 3.15. The number of rotatable bonds is 5. The smallest absolute Gasteiger partial charge is 0.311 e. The Morgan fingerprint density at radius 3 is 2.50 bits per heavy atom. The van der Waals surface area contributed by atoms with Gasteiger partial charge < -0.3 is 29.0 Å². The standard InChI is InChI=1S/C20H19NO7/c1-12(20(23)21-14-3-5-16-18(10-14)27-11-26-16)28-19(22)9-13-2-4-15-17(8-13)25-7-6-24-15/h2-5,8,10,12H,6-7,9,11H2,1H3,(H,21,23)/t12-/m0/s1. The maximum atomic E-state index is 12.3. The van der Waals surface area contributed by atoms with Crippen LogP contribution in [0.25, 0.3) is 0 Å². The van der Waals surface area contributed by atoms with Crippen LogP contribution < -0.4 is 24.3 Å². The van der Waals surface area contributed by atoms with Crippen LogP contribution in [-0.4, -0.2) is 38.0 Å². The van der Waals surface area contributed by atoms with Crippen LogP contribution in [0, 0.1) is 0 Å². The lowest BCUT2D eigenvalue weighted by atomic mass is 10.1. The Bertz CT molecular complexity index is 911. The van der Waals surface area contributed by atoms with Crippen molar-refractivity contribution in [3.63, 3.8) is 0 Å². The Morgan fingerprint density at radius 1 is 0.964 bits per heavy atom. The highest BCUT2D eigenvalue weighted by atomic mass is 16.7. The van der Waals surface area contributed by atoms with E-state index in [0.717, 1.165) is 5.56 Å². The Kier molecular flexibility index (Phi) is 4.92. The molecule has 1 amide bonds. The molecule has 0 fully saturated rings. The Labute approximate surface area is 161 Å². The van der Waals surface area contributed by atoms with Gasteiger partial charge in [-0.3, -0.25) is 9.59 Å². The zero-order chi connectivity index (χ0) is 19.5. The van der Waals surface area contributed by atoms with E-state index in [2.05, 4.69) is 5.32 Å². The number of benzene rings is 2. The Hall–Kier alpha value is -3.42. The highest BCUT2D eigenvalue weighted by Crippen LogP contribution is 2.34. The molecular formula is C20H19NO7. The molecule has 146 valence electrons. The predicted molar refractivity (Wildman–Crippen MR) is 97.9 cm³/mol. The number of carbonyl (C=O) groups excluding carboxylic acids is 2. The quantitative estimate of drug-likeness (QED) is 0.790. The molecule has 0 radical (unpaired) electrons. The van der Waals surface area contributed by atoms with Gasteiger partial charge in [0.15, 0.2) is 29.1 Å². The van der Waals surface area contributed by atoms with Crippen molar-refractivity contribution < 1.29 is 33.3 Å². The number of ether oxygens (including phenoxy) is 5. The van der Waals surface area contributed by atoms with Crippen molar-refractivity contribution in [2.75, 3.05) is 25.3 Å². The van der Waals surface area contributed by atoms with Crippen molar-refractivity contribution in [1.29, 1.82) is 0 Å². The van der Waals surface area contributed by atoms with Gasteiger partial charge in [0.2, 0.25) is 6.79 Å². The van der Waals surface area contributed by atoms with Gasteiger partial charge in [0.25, 0.3) is 5.91 Å². The van der Waals surface area contributed by atoms with Crippen molar-refractivity contribution in [3.8, 4) is 23.0 Å². The minimum Gasteiger partial charge on any atom is -0.486 e. The topological polar surface area (TPSA) is 92.3 Å². The van der Waals surface area contributed by atoms with Crippen molar-refractivity contribution in [3.05, 3.63) is 42.0 Å². The summed E-state index contributed by atoms with van der Waals surface area (Å²) < 4.78 is 26.7. The first kappa shape index (κ1) is 18.0. The van der Waals surface area contributed by atoms with Gasteiger partial charge in [0.1, 0.15) is 13.2 Å². The molecule has 0 saturated heterocycles. The zero-order valence-corrected chi connectivity index (χ0v) is 15.2. The lowest BCUT2D eigenvalue weighted by Gasteiger charge is -2.19. The van der Waals surface area contributed by atoms with E-state index in [1.807, 2.05) is 0 Å². The van der Waals surface area contributed by atoms with Crippen LogP contribution in [0.4, 0.5) is 5.69 Å². The summed E-state index contributed by atoms with van der Waals surface area (Å²) in [7, 11) is 0. The first-order valence-electron chi connectivity index (χ1n) is 8.87. The lowest BCUT2D eigenvalue weighted by Crippen LogP contribution is -2.30. The van der Waals surface area contributed by atoms with E-state index in [0.29, 0.717) is 41.9 Å². The van der Waals surface area contributed by atoms with Crippen LogP contribution in [0.15, 0.2) is 36.4 Å². The van der Waals surface area contributed by atoms with Gasteiger partial charge in [-0.05, 0) is 36.8 Å². The van der Waals surface area contributed by atoms with Crippen LogP contribution >= 0.6 is 0 Å². The number of anilines is 1. The molecule has 0 spiro atoms. The maximum Gasteiger partial charge on any atom is 0.311 e. The van der Waals surface area contributed by atoms with E-state index < -0.39 is 18.0 Å². The molecule has 2 heterocycles. The van der Waals surface area contributed by atoms with Crippen molar-refractivity contribution in [1.82, 2.24) is 0 Å². The minimum atomic E-state index is -0.949. The van der Waals surface area contributed by atoms with Crippen LogP contribution in [-0.2, 0) is 20.7 Å². The maximum absolute atomic E-state index is 12.3. The highest BCUT2D eigenvalue weighted by Gasteiger charge is 2.21. The van der Waals surface area contributed by atoms with Gasteiger partial charge in [0, 0.05) is 11.8 Å². The molecule has 2 aliphatic heterocycles. The first-order valence-corrected chi connectivity index (χ1v) is 8.87. The van der Waals surface area contributed by atoms with E-state index in [1.165, 1.54) is 6.92 Å². The summed E-state index contributed by atoms with van der Waals surface area (Å²) in [6.45, 7) is 2.65. The number of nitrogens with one attached hydrogen (secondary N) is 1. The molecular weight excluding hydrogens is 366 g/mol. The molecule has 0 unspecified atom stereocenters. The number of fused-ring (bicyclic) bond motifs is 2. The summed E-state index contributed by atoms with van der Waals surface area (Å²) in [6.07, 6.45) is -0.923. The van der Waals surface area contributed by atoms with Crippen LogP contribution in [0.3, 0.4) is 0 Å². The predicted octanol–water partition coefficient (Wildman–Crippen LogP) is 2.30. The second-order valence-corrected chi connectivity index (χ2v) is 6.34. The second-order valence-electron chi connectivity index (χ2n) is 6.34. The SMILES string of the molecule is C[C@H](OC(=O)Cc1ccc2c(c1)OCCO2)C(=O)Nc1ccc2c(c1)OCO2. The summed E-state index contributed by atoms with van der Waals surface area (Å²) >= 11 is 0. The number of amides is 1. The number of hydrogen-bond donors (Lipinski definition) is 1. The molecule has 2 aromatic carbocycles. The van der Waals surface area contributed by atoms with Gasteiger partial charge in [-0.25, -0.2) is 0 Å². The van der Waals surface area contributed by atoms with E-state index >= 15 is 0 Å². The van der Waals surface area contributed by atoms with Crippen LogP contribution in [0.2, 0.25) is 0 Å². The van der Waals surface area contributed by atoms with Gasteiger partial charge in [-0.2, -0.15) is 0 Å². The van der Waals surface area contributed by atoms with Gasteiger partial charge in [-0.1, -0.05) is 6.07 Å². The molecule has 0 aliphatic carbocycles. The van der Waals surface area contributed by atoms with Crippen molar-refractivity contribution in [2.24, 2.45) is 0 Å². The molecule has 2 aliphatic rings.